The molecule has 0 amide bonds. The lowest BCUT2D eigenvalue weighted by atomic mass is 10.0. The van der Waals surface area contributed by atoms with Gasteiger partial charge in [0, 0.05) is 32.4 Å². The maximum absolute atomic E-state index is 5.06. The monoisotopic (exact) mass is 446 g/mol. The molecule has 0 aliphatic heterocycles. The van der Waals surface area contributed by atoms with Gasteiger partial charge < -0.3 is 15.4 Å². The van der Waals surface area contributed by atoms with Gasteiger partial charge in [0.25, 0.3) is 0 Å². The second-order valence-electron chi connectivity index (χ2n) is 6.21. The molecule has 2 N–H and O–H groups in total. The third kappa shape index (κ3) is 7.68. The Labute approximate surface area is 163 Å². The van der Waals surface area contributed by atoms with Crippen LogP contribution in [-0.4, -0.2) is 31.6 Å². The van der Waals surface area contributed by atoms with Crippen molar-refractivity contribution in [3.8, 4) is 5.88 Å². The third-order valence-corrected chi connectivity index (χ3v) is 4.50. The minimum atomic E-state index is 0. The number of guanidine groups is 1. The van der Waals surface area contributed by atoms with Crippen molar-refractivity contribution in [2.24, 2.45) is 10.9 Å². The molecule has 0 saturated heterocycles. The fourth-order valence-corrected chi connectivity index (χ4v) is 3.11. The summed E-state index contributed by atoms with van der Waals surface area (Å²) >= 11 is 0. The average molecular weight is 446 g/mol. The number of hydrogen-bond donors (Lipinski definition) is 2. The summed E-state index contributed by atoms with van der Waals surface area (Å²) in [6, 6.07) is 3.88. The number of methoxy groups -OCH3 is 1. The fraction of sp³-hybridized carbons (Fsp3) is 0.667. The molecule has 0 spiro atoms. The van der Waals surface area contributed by atoms with Crippen LogP contribution < -0.4 is 15.4 Å². The minimum absolute atomic E-state index is 0. The highest BCUT2D eigenvalue weighted by Crippen LogP contribution is 2.28. The first-order valence-corrected chi connectivity index (χ1v) is 8.75. The van der Waals surface area contributed by atoms with Gasteiger partial charge >= 0.3 is 0 Å². The van der Waals surface area contributed by atoms with Crippen molar-refractivity contribution in [3.63, 3.8) is 0 Å². The van der Waals surface area contributed by atoms with Crippen LogP contribution in [0.25, 0.3) is 0 Å². The molecule has 1 aliphatic rings. The van der Waals surface area contributed by atoms with E-state index in [1.807, 2.05) is 18.3 Å². The number of aliphatic imine (C=N–C) groups is 1. The lowest BCUT2D eigenvalue weighted by Crippen LogP contribution is -2.37. The summed E-state index contributed by atoms with van der Waals surface area (Å²) < 4.78 is 5.06. The minimum Gasteiger partial charge on any atom is -0.481 e. The third-order valence-electron chi connectivity index (χ3n) is 4.50. The molecule has 1 heterocycles. The van der Waals surface area contributed by atoms with Gasteiger partial charge in [0.2, 0.25) is 5.88 Å². The summed E-state index contributed by atoms with van der Waals surface area (Å²) in [6.45, 7) is 1.69. The van der Waals surface area contributed by atoms with Crippen LogP contribution in [-0.2, 0) is 6.54 Å². The quantitative estimate of drug-likeness (QED) is 0.277. The van der Waals surface area contributed by atoms with E-state index in [1.165, 1.54) is 44.9 Å². The summed E-state index contributed by atoms with van der Waals surface area (Å²) in [4.78, 5) is 8.46. The number of pyridine rings is 1. The predicted molar refractivity (Wildman–Crippen MR) is 110 cm³/mol. The molecule has 0 radical (unpaired) electrons. The summed E-state index contributed by atoms with van der Waals surface area (Å²) in [7, 11) is 3.43. The molecule has 1 fully saturated rings. The van der Waals surface area contributed by atoms with Gasteiger partial charge in [-0.2, -0.15) is 0 Å². The summed E-state index contributed by atoms with van der Waals surface area (Å²) in [5.41, 5.74) is 1.11. The number of aromatic nitrogens is 1. The molecule has 1 aliphatic carbocycles. The fourth-order valence-electron chi connectivity index (χ4n) is 3.11. The Morgan fingerprint density at radius 1 is 1.25 bits per heavy atom. The SMILES string of the molecule is CN=C(NCCCCC1CCCC1)NCc1ccc(OC)nc1.I. The van der Waals surface area contributed by atoms with Crippen molar-refractivity contribution in [1.29, 1.82) is 0 Å². The Balaban J connectivity index is 0.00000288. The summed E-state index contributed by atoms with van der Waals surface area (Å²) in [5.74, 6) is 2.48. The normalized spacial score (nSPS) is 15.0. The zero-order chi connectivity index (χ0) is 16.3. The van der Waals surface area contributed by atoms with Crippen LogP contribution in [0.5, 0.6) is 5.88 Å². The zero-order valence-corrected chi connectivity index (χ0v) is 17.2. The van der Waals surface area contributed by atoms with Crippen molar-refractivity contribution in [3.05, 3.63) is 23.9 Å². The molecule has 1 aromatic heterocycles. The smallest absolute Gasteiger partial charge is 0.212 e. The van der Waals surface area contributed by atoms with Crippen LogP contribution in [0.4, 0.5) is 0 Å². The second kappa shape index (κ2) is 12.3. The van der Waals surface area contributed by atoms with Gasteiger partial charge in [0.05, 0.1) is 7.11 Å². The largest absolute Gasteiger partial charge is 0.481 e. The number of unbranched alkanes of at least 4 members (excludes halogenated alkanes) is 1. The Hall–Kier alpha value is -1.05. The van der Waals surface area contributed by atoms with Gasteiger partial charge in [-0.15, -0.1) is 24.0 Å². The molecule has 0 unspecified atom stereocenters. The van der Waals surface area contributed by atoms with Crippen molar-refractivity contribution in [2.45, 2.75) is 51.5 Å². The van der Waals surface area contributed by atoms with Crippen LogP contribution in [0, 0.1) is 5.92 Å². The molecular weight excluding hydrogens is 415 g/mol. The molecule has 136 valence electrons. The number of halogens is 1. The van der Waals surface area contributed by atoms with E-state index in [0.717, 1.165) is 24.0 Å². The van der Waals surface area contributed by atoms with Crippen LogP contribution in [0.15, 0.2) is 23.3 Å². The van der Waals surface area contributed by atoms with E-state index in [1.54, 1.807) is 14.2 Å². The topological polar surface area (TPSA) is 58.5 Å². The average Bonchev–Trinajstić information content (AvgIpc) is 3.11. The second-order valence-corrected chi connectivity index (χ2v) is 6.21. The van der Waals surface area contributed by atoms with Gasteiger partial charge in [-0.05, 0) is 17.9 Å². The maximum Gasteiger partial charge on any atom is 0.212 e. The molecule has 2 rings (SSSR count). The summed E-state index contributed by atoms with van der Waals surface area (Å²) in [5, 5.41) is 6.69. The highest BCUT2D eigenvalue weighted by atomic mass is 127. The van der Waals surface area contributed by atoms with Crippen molar-refractivity contribution < 1.29 is 4.74 Å². The number of nitrogens with zero attached hydrogens (tertiary/aromatic N) is 2. The lowest BCUT2D eigenvalue weighted by Gasteiger charge is -2.13. The van der Waals surface area contributed by atoms with Gasteiger partial charge in [0.15, 0.2) is 5.96 Å². The summed E-state index contributed by atoms with van der Waals surface area (Å²) in [6.07, 6.45) is 11.5. The van der Waals surface area contributed by atoms with E-state index < -0.39 is 0 Å². The van der Waals surface area contributed by atoms with E-state index in [0.29, 0.717) is 12.4 Å². The van der Waals surface area contributed by atoms with Crippen molar-refractivity contribution in [1.82, 2.24) is 15.6 Å². The lowest BCUT2D eigenvalue weighted by molar-refractivity contribution is 0.397. The number of nitrogens with one attached hydrogen (secondary N) is 2. The molecule has 1 saturated carbocycles. The first-order chi connectivity index (χ1) is 11.3. The van der Waals surface area contributed by atoms with Gasteiger partial charge in [-0.25, -0.2) is 4.98 Å². The molecule has 5 nitrogen and oxygen atoms in total. The first-order valence-electron chi connectivity index (χ1n) is 8.75. The van der Waals surface area contributed by atoms with Crippen LogP contribution >= 0.6 is 24.0 Å². The highest BCUT2D eigenvalue weighted by Gasteiger charge is 2.13. The van der Waals surface area contributed by atoms with E-state index in [-0.39, 0.29) is 24.0 Å². The van der Waals surface area contributed by atoms with E-state index in [9.17, 15) is 0 Å². The highest BCUT2D eigenvalue weighted by molar-refractivity contribution is 14.0. The van der Waals surface area contributed by atoms with E-state index in [2.05, 4.69) is 20.6 Å². The van der Waals surface area contributed by atoms with Gasteiger partial charge in [-0.1, -0.05) is 44.6 Å². The van der Waals surface area contributed by atoms with Crippen LogP contribution in [0.2, 0.25) is 0 Å². The van der Waals surface area contributed by atoms with Crippen LogP contribution in [0.1, 0.15) is 50.5 Å². The van der Waals surface area contributed by atoms with Gasteiger partial charge in [0.1, 0.15) is 0 Å². The molecule has 6 heteroatoms. The van der Waals surface area contributed by atoms with E-state index >= 15 is 0 Å². The molecular formula is C18H31IN4O. The van der Waals surface area contributed by atoms with Gasteiger partial charge in [-0.3, -0.25) is 4.99 Å². The van der Waals surface area contributed by atoms with Crippen molar-refractivity contribution >= 4 is 29.9 Å². The molecule has 0 bridgehead atoms. The Morgan fingerprint density at radius 3 is 2.67 bits per heavy atom. The molecule has 1 aromatic rings. The standard InChI is InChI=1S/C18H30N4O.HI/c1-19-18(20-12-6-5-9-15-7-3-4-8-15)22-14-16-10-11-17(23-2)21-13-16;/h10-11,13,15H,3-9,12,14H2,1-2H3,(H2,19,20,22);1H. The number of hydrogen-bond acceptors (Lipinski definition) is 3. The van der Waals surface area contributed by atoms with Crippen LogP contribution in [0.3, 0.4) is 0 Å². The first kappa shape index (κ1) is 21.0. The zero-order valence-electron chi connectivity index (χ0n) is 14.9. The number of rotatable bonds is 8. The Bertz CT molecular complexity index is 472. The Kier molecular flexibility index (Phi) is 10.8. The van der Waals surface area contributed by atoms with Crippen molar-refractivity contribution in [2.75, 3.05) is 20.7 Å². The Morgan fingerprint density at radius 2 is 2.04 bits per heavy atom. The number of ether oxygens (including phenoxy) is 1. The maximum atomic E-state index is 5.06. The van der Waals surface area contributed by atoms with E-state index in [4.69, 9.17) is 4.74 Å². The molecule has 0 aromatic carbocycles. The molecule has 24 heavy (non-hydrogen) atoms. The molecule has 0 atom stereocenters. The predicted octanol–water partition coefficient (Wildman–Crippen LogP) is 3.73.